The molecule has 0 saturated heterocycles. The molecule has 100 valence electrons. The van der Waals surface area contributed by atoms with Crippen LogP contribution in [0.4, 0.5) is 0 Å². The Morgan fingerprint density at radius 2 is 1.89 bits per heavy atom. The lowest BCUT2D eigenvalue weighted by atomic mass is 9.98. The van der Waals surface area contributed by atoms with Gasteiger partial charge in [0.2, 0.25) is 0 Å². The van der Waals surface area contributed by atoms with Crippen molar-refractivity contribution in [3.8, 4) is 0 Å². The molecule has 1 aromatic heterocycles. The minimum Gasteiger partial charge on any atom is -0.313 e. The van der Waals surface area contributed by atoms with Crippen LogP contribution in [-0.4, -0.2) is 12.0 Å². The summed E-state index contributed by atoms with van der Waals surface area (Å²) in [6.07, 6.45) is 4.16. The summed E-state index contributed by atoms with van der Waals surface area (Å²) in [5, 5.41) is 3.39. The van der Waals surface area contributed by atoms with E-state index < -0.39 is 0 Å². The first-order valence-corrected chi connectivity index (χ1v) is 6.85. The quantitative estimate of drug-likeness (QED) is 0.882. The lowest BCUT2D eigenvalue weighted by Crippen LogP contribution is -2.17. The molecule has 2 nitrogen and oxygen atoms in total. The Bertz CT molecular complexity index is 517. The van der Waals surface area contributed by atoms with Crippen LogP contribution in [0.25, 0.3) is 0 Å². The van der Waals surface area contributed by atoms with Crippen LogP contribution >= 0.6 is 0 Å². The molecule has 1 aromatic carbocycles. The van der Waals surface area contributed by atoms with Crippen molar-refractivity contribution in [2.24, 2.45) is 0 Å². The summed E-state index contributed by atoms with van der Waals surface area (Å²) in [6.45, 7) is 4.20. The third-order valence-corrected chi connectivity index (χ3v) is 3.65. The maximum atomic E-state index is 4.38. The summed E-state index contributed by atoms with van der Waals surface area (Å²) >= 11 is 0. The van der Waals surface area contributed by atoms with E-state index in [0.29, 0.717) is 6.04 Å². The van der Waals surface area contributed by atoms with E-state index in [0.717, 1.165) is 18.5 Å². The molecule has 0 amide bonds. The summed E-state index contributed by atoms with van der Waals surface area (Å²) in [6, 6.07) is 13.2. The number of nitrogens with one attached hydrogen (secondary N) is 1. The van der Waals surface area contributed by atoms with Gasteiger partial charge in [-0.2, -0.15) is 0 Å². The van der Waals surface area contributed by atoms with Crippen molar-refractivity contribution < 1.29 is 0 Å². The topological polar surface area (TPSA) is 24.9 Å². The molecule has 0 fully saturated rings. The highest BCUT2D eigenvalue weighted by molar-refractivity contribution is 5.26. The molecule has 1 unspecified atom stereocenters. The van der Waals surface area contributed by atoms with Crippen molar-refractivity contribution in [1.82, 2.24) is 10.3 Å². The number of aryl methyl sites for hydroxylation is 3. The first-order chi connectivity index (χ1) is 9.20. The van der Waals surface area contributed by atoms with Crippen molar-refractivity contribution in [3.05, 3.63) is 65.0 Å². The normalized spacial score (nSPS) is 12.4. The summed E-state index contributed by atoms with van der Waals surface area (Å²) in [5.74, 6) is 0. The summed E-state index contributed by atoms with van der Waals surface area (Å²) in [7, 11) is 2.02. The fourth-order valence-electron chi connectivity index (χ4n) is 2.35. The maximum absolute atomic E-state index is 4.38. The second kappa shape index (κ2) is 6.48. The smallest absolute Gasteiger partial charge is 0.0372 e. The van der Waals surface area contributed by atoms with Gasteiger partial charge in [-0.1, -0.05) is 30.3 Å². The number of pyridine rings is 1. The van der Waals surface area contributed by atoms with E-state index in [1.165, 1.54) is 16.7 Å². The molecule has 1 heterocycles. The van der Waals surface area contributed by atoms with Crippen molar-refractivity contribution in [2.75, 3.05) is 7.05 Å². The van der Waals surface area contributed by atoms with Crippen LogP contribution in [0.15, 0.2) is 42.6 Å². The second-order valence-corrected chi connectivity index (χ2v) is 5.04. The molecular weight excluding hydrogens is 232 g/mol. The van der Waals surface area contributed by atoms with E-state index in [2.05, 4.69) is 53.6 Å². The monoisotopic (exact) mass is 254 g/mol. The molecule has 0 spiro atoms. The standard InChI is InChI=1S/C17H22N2/c1-13-6-4-5-7-15(13)10-11-17(18-3)16-9-8-14(2)19-12-16/h4-9,12,17-18H,10-11H2,1-3H3. The molecule has 0 aliphatic rings. The fourth-order valence-corrected chi connectivity index (χ4v) is 2.35. The predicted molar refractivity (Wildman–Crippen MR) is 80.3 cm³/mol. The highest BCUT2D eigenvalue weighted by Gasteiger charge is 2.10. The van der Waals surface area contributed by atoms with Crippen molar-refractivity contribution in [1.29, 1.82) is 0 Å². The minimum absolute atomic E-state index is 0.368. The minimum atomic E-state index is 0.368. The van der Waals surface area contributed by atoms with Gasteiger partial charge < -0.3 is 5.32 Å². The molecule has 2 heteroatoms. The Morgan fingerprint density at radius 3 is 2.53 bits per heavy atom. The lowest BCUT2D eigenvalue weighted by Gasteiger charge is -2.17. The van der Waals surface area contributed by atoms with Crippen molar-refractivity contribution in [3.63, 3.8) is 0 Å². The van der Waals surface area contributed by atoms with Gasteiger partial charge in [-0.25, -0.2) is 0 Å². The summed E-state index contributed by atoms with van der Waals surface area (Å²) in [5.41, 5.74) is 5.14. The first-order valence-electron chi connectivity index (χ1n) is 6.85. The fraction of sp³-hybridized carbons (Fsp3) is 0.353. The van der Waals surface area contributed by atoms with Crippen LogP contribution in [0, 0.1) is 13.8 Å². The molecule has 2 rings (SSSR count). The molecular formula is C17H22N2. The third-order valence-electron chi connectivity index (χ3n) is 3.65. The largest absolute Gasteiger partial charge is 0.313 e. The Hall–Kier alpha value is -1.67. The molecule has 2 aromatic rings. The van der Waals surface area contributed by atoms with Gasteiger partial charge in [0.05, 0.1) is 0 Å². The second-order valence-electron chi connectivity index (χ2n) is 5.04. The molecule has 0 aliphatic heterocycles. The molecule has 0 bridgehead atoms. The number of benzene rings is 1. The van der Waals surface area contributed by atoms with Gasteiger partial charge in [-0.05, 0) is 56.5 Å². The average Bonchev–Trinajstić information content (AvgIpc) is 2.43. The van der Waals surface area contributed by atoms with Crippen LogP contribution in [0.1, 0.15) is 34.8 Å². The van der Waals surface area contributed by atoms with Gasteiger partial charge in [-0.3, -0.25) is 4.98 Å². The molecule has 1 atom stereocenters. The van der Waals surface area contributed by atoms with Crippen molar-refractivity contribution in [2.45, 2.75) is 32.7 Å². The van der Waals surface area contributed by atoms with E-state index in [1.54, 1.807) is 0 Å². The molecule has 0 radical (unpaired) electrons. The first kappa shape index (κ1) is 13.8. The van der Waals surface area contributed by atoms with Crippen LogP contribution in [0.3, 0.4) is 0 Å². The summed E-state index contributed by atoms with van der Waals surface area (Å²) in [4.78, 5) is 4.38. The van der Waals surface area contributed by atoms with Crippen LogP contribution in [0.2, 0.25) is 0 Å². The molecule has 1 N–H and O–H groups in total. The number of nitrogens with zero attached hydrogens (tertiary/aromatic N) is 1. The maximum Gasteiger partial charge on any atom is 0.0372 e. The Morgan fingerprint density at radius 1 is 1.11 bits per heavy atom. The third kappa shape index (κ3) is 3.65. The number of hydrogen-bond acceptors (Lipinski definition) is 2. The Labute approximate surface area is 115 Å². The van der Waals surface area contributed by atoms with Gasteiger partial charge in [0.15, 0.2) is 0 Å². The van der Waals surface area contributed by atoms with E-state index in [1.807, 2.05) is 20.2 Å². The Kier molecular flexibility index (Phi) is 4.69. The summed E-state index contributed by atoms with van der Waals surface area (Å²) < 4.78 is 0. The Balaban J connectivity index is 2.04. The lowest BCUT2D eigenvalue weighted by molar-refractivity contribution is 0.547. The van der Waals surface area contributed by atoms with Gasteiger partial charge in [-0.15, -0.1) is 0 Å². The van der Waals surface area contributed by atoms with Crippen molar-refractivity contribution >= 4 is 0 Å². The van der Waals surface area contributed by atoms with E-state index in [4.69, 9.17) is 0 Å². The highest BCUT2D eigenvalue weighted by atomic mass is 14.9. The van der Waals surface area contributed by atoms with Crippen LogP contribution in [0.5, 0.6) is 0 Å². The predicted octanol–water partition coefficient (Wildman–Crippen LogP) is 3.59. The molecule has 0 saturated carbocycles. The molecule has 0 aliphatic carbocycles. The zero-order valence-corrected chi connectivity index (χ0v) is 12.0. The van der Waals surface area contributed by atoms with Crippen LogP contribution < -0.4 is 5.32 Å². The SMILES string of the molecule is CNC(CCc1ccccc1C)c1ccc(C)nc1. The average molecular weight is 254 g/mol. The zero-order valence-electron chi connectivity index (χ0n) is 12.0. The van der Waals surface area contributed by atoms with Crippen LogP contribution in [-0.2, 0) is 6.42 Å². The van der Waals surface area contributed by atoms with Gasteiger partial charge in [0.25, 0.3) is 0 Å². The molecule has 19 heavy (non-hydrogen) atoms. The van der Waals surface area contributed by atoms with E-state index in [-0.39, 0.29) is 0 Å². The van der Waals surface area contributed by atoms with Gasteiger partial charge in [0, 0.05) is 17.9 Å². The number of aromatic nitrogens is 1. The van der Waals surface area contributed by atoms with Gasteiger partial charge in [0.1, 0.15) is 0 Å². The van der Waals surface area contributed by atoms with E-state index in [9.17, 15) is 0 Å². The van der Waals surface area contributed by atoms with Gasteiger partial charge >= 0.3 is 0 Å². The number of hydrogen-bond donors (Lipinski definition) is 1. The number of rotatable bonds is 5. The van der Waals surface area contributed by atoms with E-state index >= 15 is 0 Å². The highest BCUT2D eigenvalue weighted by Crippen LogP contribution is 2.19. The zero-order chi connectivity index (χ0) is 13.7.